The molecule has 2 aromatic carbocycles. The Bertz CT molecular complexity index is 686. The van der Waals surface area contributed by atoms with Gasteiger partial charge in [-0.15, -0.1) is 0 Å². The van der Waals surface area contributed by atoms with E-state index in [4.69, 9.17) is 11.6 Å². The van der Waals surface area contributed by atoms with Crippen molar-refractivity contribution in [2.75, 3.05) is 4.90 Å². The van der Waals surface area contributed by atoms with Crippen LogP contribution >= 0.6 is 27.5 Å². The highest BCUT2D eigenvalue weighted by Crippen LogP contribution is 2.33. The van der Waals surface area contributed by atoms with Crippen LogP contribution in [-0.4, -0.2) is 11.9 Å². The molecule has 1 aliphatic rings. The molecule has 0 fully saturated rings. The second kappa shape index (κ2) is 5.23. The first kappa shape index (κ1) is 13.7. The Morgan fingerprint density at radius 2 is 2.05 bits per heavy atom. The number of benzene rings is 2. The zero-order valence-corrected chi connectivity index (χ0v) is 13.3. The van der Waals surface area contributed by atoms with E-state index < -0.39 is 0 Å². The number of hydrogen-bond acceptors (Lipinski definition) is 1. The van der Waals surface area contributed by atoms with E-state index in [1.54, 1.807) is 12.1 Å². The molecule has 0 N–H and O–H groups in total. The van der Waals surface area contributed by atoms with E-state index in [2.05, 4.69) is 28.9 Å². The van der Waals surface area contributed by atoms with Gasteiger partial charge in [-0.3, -0.25) is 4.79 Å². The van der Waals surface area contributed by atoms with Crippen molar-refractivity contribution in [1.29, 1.82) is 0 Å². The number of carbonyl (C=O) groups excluding carboxylic acids is 1. The van der Waals surface area contributed by atoms with E-state index >= 15 is 0 Å². The van der Waals surface area contributed by atoms with E-state index in [0.29, 0.717) is 10.6 Å². The second-order valence-corrected chi connectivity index (χ2v) is 6.25. The number of halogens is 2. The molecular weight excluding hydrogens is 338 g/mol. The molecule has 2 aromatic rings. The van der Waals surface area contributed by atoms with Gasteiger partial charge in [0.2, 0.25) is 0 Å². The molecule has 20 heavy (non-hydrogen) atoms. The van der Waals surface area contributed by atoms with Gasteiger partial charge in [0.05, 0.1) is 5.02 Å². The smallest absolute Gasteiger partial charge is 0.258 e. The van der Waals surface area contributed by atoms with Crippen LogP contribution in [0.4, 0.5) is 5.69 Å². The molecule has 102 valence electrons. The van der Waals surface area contributed by atoms with Crippen LogP contribution in [0.5, 0.6) is 0 Å². The molecule has 2 nitrogen and oxygen atoms in total. The highest BCUT2D eigenvalue weighted by atomic mass is 79.9. The number of anilines is 1. The maximum atomic E-state index is 12.7. The predicted molar refractivity (Wildman–Crippen MR) is 85.6 cm³/mol. The first-order chi connectivity index (χ1) is 9.58. The molecule has 0 radical (unpaired) electrons. The molecule has 4 heteroatoms. The van der Waals surface area contributed by atoms with Gasteiger partial charge in [-0.1, -0.05) is 29.8 Å². The average molecular weight is 351 g/mol. The molecular formula is C16H13BrClNO. The summed E-state index contributed by atoms with van der Waals surface area (Å²) in [5.74, 6) is -0.00292. The maximum absolute atomic E-state index is 12.7. The fourth-order valence-electron chi connectivity index (χ4n) is 2.64. The molecule has 0 saturated heterocycles. The summed E-state index contributed by atoms with van der Waals surface area (Å²) in [4.78, 5) is 14.6. The zero-order valence-electron chi connectivity index (χ0n) is 10.9. The third-order valence-electron chi connectivity index (χ3n) is 3.59. The van der Waals surface area contributed by atoms with Gasteiger partial charge in [0, 0.05) is 21.8 Å². The Kier molecular flexibility index (Phi) is 3.57. The summed E-state index contributed by atoms with van der Waals surface area (Å²) in [7, 11) is 0. The SMILES string of the molecule is CC1Cc2ccccc2N1C(=O)c1ccc(Br)c(Cl)c1. The number of fused-ring (bicyclic) bond motifs is 1. The van der Waals surface area contributed by atoms with Crippen LogP contribution in [0.15, 0.2) is 46.9 Å². The lowest BCUT2D eigenvalue weighted by molar-refractivity contribution is 0.0981. The van der Waals surface area contributed by atoms with Gasteiger partial charge < -0.3 is 4.90 Å². The third-order valence-corrected chi connectivity index (χ3v) is 4.83. The molecule has 1 atom stereocenters. The molecule has 1 unspecified atom stereocenters. The third kappa shape index (κ3) is 2.25. The number of carbonyl (C=O) groups is 1. The fourth-order valence-corrected chi connectivity index (χ4v) is 3.07. The van der Waals surface area contributed by atoms with Crippen LogP contribution in [-0.2, 0) is 6.42 Å². The average Bonchev–Trinajstić information content (AvgIpc) is 2.77. The lowest BCUT2D eigenvalue weighted by Crippen LogP contribution is -2.35. The summed E-state index contributed by atoms with van der Waals surface area (Å²) in [6.45, 7) is 2.07. The van der Waals surface area contributed by atoms with Crippen LogP contribution in [0.1, 0.15) is 22.8 Å². The van der Waals surface area contributed by atoms with Crippen molar-refractivity contribution in [3.05, 3.63) is 63.1 Å². The number of rotatable bonds is 1. The van der Waals surface area contributed by atoms with E-state index in [-0.39, 0.29) is 11.9 Å². The van der Waals surface area contributed by atoms with E-state index in [1.807, 2.05) is 29.2 Å². The van der Waals surface area contributed by atoms with Gasteiger partial charge in [0.15, 0.2) is 0 Å². The highest BCUT2D eigenvalue weighted by Gasteiger charge is 2.31. The fraction of sp³-hybridized carbons (Fsp3) is 0.188. The van der Waals surface area contributed by atoms with Crippen LogP contribution < -0.4 is 4.90 Å². The summed E-state index contributed by atoms with van der Waals surface area (Å²) in [6.07, 6.45) is 0.895. The standard InChI is InChI=1S/C16H13BrClNO/c1-10-8-11-4-2-3-5-15(11)19(10)16(20)12-6-7-13(17)14(18)9-12/h2-7,9-10H,8H2,1H3. The first-order valence-electron chi connectivity index (χ1n) is 6.44. The minimum absolute atomic E-state index is 0.00292. The van der Waals surface area contributed by atoms with Gasteiger partial charge in [0.1, 0.15) is 0 Å². The van der Waals surface area contributed by atoms with Crippen molar-refractivity contribution in [2.45, 2.75) is 19.4 Å². The summed E-state index contributed by atoms with van der Waals surface area (Å²) >= 11 is 9.43. The van der Waals surface area contributed by atoms with E-state index in [1.165, 1.54) is 5.56 Å². The summed E-state index contributed by atoms with van der Waals surface area (Å²) in [5.41, 5.74) is 2.84. The van der Waals surface area contributed by atoms with Gasteiger partial charge in [-0.05, 0) is 59.1 Å². The van der Waals surface area contributed by atoms with Crippen molar-refractivity contribution in [3.63, 3.8) is 0 Å². The van der Waals surface area contributed by atoms with Crippen molar-refractivity contribution in [3.8, 4) is 0 Å². The van der Waals surface area contributed by atoms with Crippen LogP contribution in [0.3, 0.4) is 0 Å². The molecule has 0 aromatic heterocycles. The molecule has 0 spiro atoms. The Labute approximate surface area is 131 Å². The van der Waals surface area contributed by atoms with Crippen molar-refractivity contribution in [1.82, 2.24) is 0 Å². The van der Waals surface area contributed by atoms with E-state index in [9.17, 15) is 4.79 Å². The molecule has 0 aliphatic carbocycles. The highest BCUT2D eigenvalue weighted by molar-refractivity contribution is 9.10. The lowest BCUT2D eigenvalue weighted by atomic mass is 10.1. The van der Waals surface area contributed by atoms with Gasteiger partial charge in [-0.2, -0.15) is 0 Å². The first-order valence-corrected chi connectivity index (χ1v) is 7.61. The monoisotopic (exact) mass is 349 g/mol. The Balaban J connectivity index is 2.00. The van der Waals surface area contributed by atoms with Crippen LogP contribution in [0.25, 0.3) is 0 Å². The summed E-state index contributed by atoms with van der Waals surface area (Å²) in [5, 5.41) is 0.552. The molecule has 1 amide bonds. The number of hydrogen-bond donors (Lipinski definition) is 0. The normalized spacial score (nSPS) is 17.1. The topological polar surface area (TPSA) is 20.3 Å². The van der Waals surface area contributed by atoms with Crippen molar-refractivity contribution < 1.29 is 4.79 Å². The number of nitrogens with zero attached hydrogens (tertiary/aromatic N) is 1. The van der Waals surface area contributed by atoms with Crippen molar-refractivity contribution in [2.24, 2.45) is 0 Å². The minimum Gasteiger partial charge on any atom is -0.305 e. The van der Waals surface area contributed by atoms with Crippen LogP contribution in [0.2, 0.25) is 5.02 Å². The Morgan fingerprint density at radius 3 is 2.80 bits per heavy atom. The maximum Gasteiger partial charge on any atom is 0.258 e. The molecule has 3 rings (SSSR count). The predicted octanol–water partition coefficient (Wildman–Crippen LogP) is 4.69. The minimum atomic E-state index is -0.00292. The van der Waals surface area contributed by atoms with Gasteiger partial charge in [0.25, 0.3) is 5.91 Å². The molecule has 0 bridgehead atoms. The zero-order chi connectivity index (χ0) is 14.3. The molecule has 1 aliphatic heterocycles. The number of para-hydroxylation sites is 1. The Hall–Kier alpha value is -1.32. The van der Waals surface area contributed by atoms with Gasteiger partial charge >= 0.3 is 0 Å². The second-order valence-electron chi connectivity index (χ2n) is 4.99. The molecule has 0 saturated carbocycles. The van der Waals surface area contributed by atoms with E-state index in [0.717, 1.165) is 16.6 Å². The Morgan fingerprint density at radius 1 is 1.30 bits per heavy atom. The molecule has 1 heterocycles. The summed E-state index contributed by atoms with van der Waals surface area (Å²) in [6, 6.07) is 13.5. The van der Waals surface area contributed by atoms with Crippen LogP contribution in [0, 0.1) is 0 Å². The largest absolute Gasteiger partial charge is 0.305 e. The number of amides is 1. The summed E-state index contributed by atoms with van der Waals surface area (Å²) < 4.78 is 0.797. The quantitative estimate of drug-likeness (QED) is 0.730. The van der Waals surface area contributed by atoms with Gasteiger partial charge in [-0.25, -0.2) is 0 Å². The lowest BCUT2D eigenvalue weighted by Gasteiger charge is -2.23. The van der Waals surface area contributed by atoms with Crippen molar-refractivity contribution >= 4 is 39.1 Å².